The van der Waals surface area contributed by atoms with Gasteiger partial charge in [0.25, 0.3) is 0 Å². The standard InChI is InChI=1S/C9H5N7/c10-1-7-8(2-11)16(5-15-7)9-13-3-6(12)4-14-9/h3-5H,12H2. The largest absolute Gasteiger partial charge is 0.396 e. The Balaban J connectivity index is 2.58. The lowest BCUT2D eigenvalue weighted by atomic mass is 10.3. The highest BCUT2D eigenvalue weighted by atomic mass is 15.2. The zero-order chi connectivity index (χ0) is 11.5. The molecule has 76 valence electrons. The van der Waals surface area contributed by atoms with E-state index in [-0.39, 0.29) is 17.3 Å². The Morgan fingerprint density at radius 2 is 1.81 bits per heavy atom. The number of nitrogen functional groups attached to an aromatic ring is 1. The van der Waals surface area contributed by atoms with Crippen molar-refractivity contribution in [2.24, 2.45) is 0 Å². The molecule has 0 aliphatic rings. The Morgan fingerprint density at radius 1 is 1.12 bits per heavy atom. The highest BCUT2D eigenvalue weighted by Crippen LogP contribution is 2.10. The first-order chi connectivity index (χ1) is 7.76. The fourth-order valence-corrected chi connectivity index (χ4v) is 1.14. The van der Waals surface area contributed by atoms with E-state index in [1.807, 2.05) is 12.1 Å². The lowest BCUT2D eigenvalue weighted by molar-refractivity contribution is 0.914. The predicted molar refractivity (Wildman–Crippen MR) is 53.0 cm³/mol. The molecular weight excluding hydrogens is 206 g/mol. The molecule has 2 N–H and O–H groups in total. The number of hydrogen-bond acceptors (Lipinski definition) is 6. The first-order valence-electron chi connectivity index (χ1n) is 4.21. The monoisotopic (exact) mass is 211 g/mol. The highest BCUT2D eigenvalue weighted by molar-refractivity contribution is 5.41. The molecule has 0 radical (unpaired) electrons. The van der Waals surface area contributed by atoms with Crippen molar-refractivity contribution in [3.05, 3.63) is 30.1 Å². The highest BCUT2D eigenvalue weighted by Gasteiger charge is 2.12. The summed E-state index contributed by atoms with van der Waals surface area (Å²) in [5, 5.41) is 17.6. The van der Waals surface area contributed by atoms with Crippen LogP contribution in [0.4, 0.5) is 5.69 Å². The normalized spacial score (nSPS) is 9.38. The van der Waals surface area contributed by atoms with E-state index < -0.39 is 0 Å². The summed E-state index contributed by atoms with van der Waals surface area (Å²) in [6.07, 6.45) is 4.15. The SMILES string of the molecule is N#Cc1ncn(-c2ncc(N)cn2)c1C#N. The van der Waals surface area contributed by atoms with E-state index in [1.54, 1.807) is 0 Å². The van der Waals surface area contributed by atoms with E-state index in [9.17, 15) is 0 Å². The van der Waals surface area contributed by atoms with Crippen molar-refractivity contribution >= 4 is 5.69 Å². The maximum Gasteiger partial charge on any atom is 0.236 e. The molecule has 7 nitrogen and oxygen atoms in total. The zero-order valence-corrected chi connectivity index (χ0v) is 7.99. The Bertz CT molecular complexity index is 596. The smallest absolute Gasteiger partial charge is 0.236 e. The Morgan fingerprint density at radius 3 is 2.38 bits per heavy atom. The van der Waals surface area contributed by atoms with Gasteiger partial charge >= 0.3 is 0 Å². The number of imidazole rings is 1. The van der Waals surface area contributed by atoms with E-state index >= 15 is 0 Å². The van der Waals surface area contributed by atoms with Crippen LogP contribution in [0, 0.1) is 22.7 Å². The number of nitrogens with zero attached hydrogens (tertiary/aromatic N) is 6. The summed E-state index contributed by atoms with van der Waals surface area (Å²) in [4.78, 5) is 11.6. The van der Waals surface area contributed by atoms with Crippen LogP contribution < -0.4 is 5.73 Å². The lowest BCUT2D eigenvalue weighted by Crippen LogP contribution is -2.03. The molecule has 0 spiro atoms. The van der Waals surface area contributed by atoms with Gasteiger partial charge in [-0.25, -0.2) is 15.0 Å². The molecule has 0 aliphatic heterocycles. The molecule has 0 saturated heterocycles. The van der Waals surface area contributed by atoms with Crippen molar-refractivity contribution < 1.29 is 0 Å². The van der Waals surface area contributed by atoms with E-state index in [0.29, 0.717) is 5.69 Å². The van der Waals surface area contributed by atoms with E-state index in [0.717, 1.165) is 0 Å². The first-order valence-corrected chi connectivity index (χ1v) is 4.21. The number of anilines is 1. The summed E-state index contributed by atoms with van der Waals surface area (Å²) in [5.41, 5.74) is 6.01. The van der Waals surface area contributed by atoms with E-state index in [2.05, 4.69) is 15.0 Å². The fourth-order valence-electron chi connectivity index (χ4n) is 1.14. The van der Waals surface area contributed by atoms with Crippen LogP contribution in [0.1, 0.15) is 11.4 Å². The second-order valence-corrected chi connectivity index (χ2v) is 2.85. The molecule has 0 atom stereocenters. The van der Waals surface area contributed by atoms with Gasteiger partial charge in [0.05, 0.1) is 18.1 Å². The van der Waals surface area contributed by atoms with Crippen molar-refractivity contribution in [2.45, 2.75) is 0 Å². The summed E-state index contributed by atoms with van der Waals surface area (Å²) in [6.45, 7) is 0. The van der Waals surface area contributed by atoms with E-state index in [1.165, 1.54) is 23.3 Å². The number of aromatic nitrogens is 4. The van der Waals surface area contributed by atoms with Crippen LogP contribution in [-0.4, -0.2) is 19.5 Å². The van der Waals surface area contributed by atoms with Crippen LogP contribution in [0.3, 0.4) is 0 Å². The minimum atomic E-state index is 0.0444. The summed E-state index contributed by atoms with van der Waals surface area (Å²) >= 11 is 0. The fraction of sp³-hybridized carbons (Fsp3) is 0. The molecule has 2 aromatic rings. The third-order valence-electron chi connectivity index (χ3n) is 1.85. The number of hydrogen-bond donors (Lipinski definition) is 1. The van der Waals surface area contributed by atoms with Crippen molar-refractivity contribution in [3.63, 3.8) is 0 Å². The zero-order valence-electron chi connectivity index (χ0n) is 7.99. The topological polar surface area (TPSA) is 117 Å². The second-order valence-electron chi connectivity index (χ2n) is 2.85. The van der Waals surface area contributed by atoms with Crippen LogP contribution in [-0.2, 0) is 0 Å². The maximum atomic E-state index is 8.89. The molecule has 7 heteroatoms. The summed E-state index contributed by atoms with van der Waals surface area (Å²) in [6, 6.07) is 3.69. The van der Waals surface area contributed by atoms with Crippen molar-refractivity contribution in [2.75, 3.05) is 5.73 Å². The molecule has 0 saturated carbocycles. The Hall–Kier alpha value is -2.93. The molecule has 2 aromatic heterocycles. The third-order valence-corrected chi connectivity index (χ3v) is 1.85. The van der Waals surface area contributed by atoms with Crippen molar-refractivity contribution in [1.82, 2.24) is 19.5 Å². The molecular formula is C9H5N7. The van der Waals surface area contributed by atoms with Crippen LogP contribution in [0.25, 0.3) is 5.95 Å². The van der Waals surface area contributed by atoms with E-state index in [4.69, 9.17) is 16.3 Å². The van der Waals surface area contributed by atoms with Gasteiger partial charge in [-0.3, -0.25) is 4.57 Å². The average Bonchev–Trinajstić information content (AvgIpc) is 2.72. The van der Waals surface area contributed by atoms with Crippen LogP contribution in [0.5, 0.6) is 0 Å². The second kappa shape index (κ2) is 3.67. The maximum absolute atomic E-state index is 8.89. The number of nitrogens with two attached hydrogens (primary N) is 1. The third kappa shape index (κ3) is 1.42. The van der Waals surface area contributed by atoms with Gasteiger partial charge in [-0.1, -0.05) is 0 Å². The molecule has 16 heavy (non-hydrogen) atoms. The summed E-state index contributed by atoms with van der Waals surface area (Å²) in [7, 11) is 0. The van der Waals surface area contributed by atoms with Gasteiger partial charge < -0.3 is 5.73 Å². The molecule has 0 unspecified atom stereocenters. The van der Waals surface area contributed by atoms with Crippen LogP contribution in [0.15, 0.2) is 18.7 Å². The van der Waals surface area contributed by atoms with Crippen molar-refractivity contribution in [3.8, 4) is 18.1 Å². The lowest BCUT2D eigenvalue weighted by Gasteiger charge is -2.00. The van der Waals surface area contributed by atoms with Crippen LogP contribution in [0.2, 0.25) is 0 Å². The molecule has 0 fully saturated rings. The molecule has 0 aromatic carbocycles. The first kappa shape index (κ1) is 9.62. The number of nitriles is 2. The molecule has 0 aliphatic carbocycles. The number of rotatable bonds is 1. The van der Waals surface area contributed by atoms with Gasteiger partial charge in [0, 0.05) is 0 Å². The molecule has 2 heterocycles. The van der Waals surface area contributed by atoms with Gasteiger partial charge in [-0.2, -0.15) is 10.5 Å². The minimum Gasteiger partial charge on any atom is -0.396 e. The average molecular weight is 211 g/mol. The molecule has 0 amide bonds. The molecule has 2 rings (SSSR count). The summed E-state index contributed by atoms with van der Waals surface area (Å²) < 4.78 is 1.33. The van der Waals surface area contributed by atoms with Gasteiger partial charge in [0.2, 0.25) is 5.95 Å². The molecule has 0 bridgehead atoms. The summed E-state index contributed by atoms with van der Waals surface area (Å²) in [5.74, 6) is 0.250. The van der Waals surface area contributed by atoms with Crippen LogP contribution >= 0.6 is 0 Å². The quantitative estimate of drug-likeness (QED) is 0.708. The minimum absolute atomic E-state index is 0.0444. The van der Waals surface area contributed by atoms with Gasteiger partial charge in [0.1, 0.15) is 18.5 Å². The predicted octanol–water partition coefficient (Wildman–Crippen LogP) is -0.0121. The van der Waals surface area contributed by atoms with Crippen molar-refractivity contribution in [1.29, 1.82) is 10.5 Å². The Kier molecular flexibility index (Phi) is 2.21. The van der Waals surface area contributed by atoms with Gasteiger partial charge in [-0.15, -0.1) is 0 Å². The van der Waals surface area contributed by atoms with Gasteiger partial charge in [0.15, 0.2) is 11.4 Å². The Labute approximate surface area is 90.4 Å². The van der Waals surface area contributed by atoms with Gasteiger partial charge in [-0.05, 0) is 0 Å².